The molecule has 2 aromatic rings. The third-order valence-electron chi connectivity index (χ3n) is 4.42. The molecule has 0 bridgehead atoms. The average molecular weight is 393 g/mol. The normalized spacial score (nSPS) is 14.6. The fourth-order valence-corrected chi connectivity index (χ4v) is 3.08. The Morgan fingerprint density at radius 2 is 1.89 bits per heavy atom. The van der Waals surface area contributed by atoms with Crippen LogP contribution in [0.1, 0.15) is 36.3 Å². The average Bonchev–Trinajstić information content (AvgIpc) is 2.66. The molecule has 0 radical (unpaired) electrons. The van der Waals surface area contributed by atoms with E-state index in [0.29, 0.717) is 5.82 Å². The molecule has 1 aromatic carbocycles. The van der Waals surface area contributed by atoms with Gasteiger partial charge in [-0.05, 0) is 44.4 Å². The summed E-state index contributed by atoms with van der Waals surface area (Å²) in [6.07, 6.45) is -1.01. The second kappa shape index (κ2) is 8.45. The number of urea groups is 1. The monoisotopic (exact) mass is 393 g/mol. The zero-order valence-electron chi connectivity index (χ0n) is 15.5. The fourth-order valence-electron chi connectivity index (χ4n) is 3.08. The van der Waals surface area contributed by atoms with Crippen LogP contribution in [0.25, 0.3) is 0 Å². The van der Waals surface area contributed by atoms with Crippen LogP contribution in [0.5, 0.6) is 0 Å². The first-order chi connectivity index (χ1) is 13.3. The summed E-state index contributed by atoms with van der Waals surface area (Å²) in [5, 5.41) is 4.99. The molecule has 2 amide bonds. The van der Waals surface area contributed by atoms with Crippen molar-refractivity contribution in [3.63, 3.8) is 0 Å². The SMILES string of the molecule is Cc1cc(N2CCCCC2)nc(CNC(=O)Nc2cccc(C(F)(F)F)c2)n1. The highest BCUT2D eigenvalue weighted by Gasteiger charge is 2.30. The van der Waals surface area contributed by atoms with Crippen LogP contribution in [0, 0.1) is 6.92 Å². The number of carbonyl (C=O) groups is 1. The van der Waals surface area contributed by atoms with Crippen LogP contribution in [-0.2, 0) is 12.7 Å². The van der Waals surface area contributed by atoms with Crippen molar-refractivity contribution in [1.82, 2.24) is 15.3 Å². The van der Waals surface area contributed by atoms with Crippen molar-refractivity contribution in [2.24, 2.45) is 0 Å². The van der Waals surface area contributed by atoms with E-state index in [2.05, 4.69) is 25.5 Å². The number of anilines is 2. The molecule has 2 heterocycles. The molecule has 2 N–H and O–H groups in total. The number of piperidine rings is 1. The predicted molar refractivity (Wildman–Crippen MR) is 100 cm³/mol. The van der Waals surface area contributed by atoms with E-state index in [4.69, 9.17) is 0 Å². The number of benzene rings is 1. The molecule has 1 fully saturated rings. The van der Waals surface area contributed by atoms with E-state index in [1.165, 1.54) is 18.6 Å². The van der Waals surface area contributed by atoms with Gasteiger partial charge in [0, 0.05) is 30.5 Å². The van der Waals surface area contributed by atoms with Crippen molar-refractivity contribution < 1.29 is 18.0 Å². The van der Waals surface area contributed by atoms with Gasteiger partial charge in [0.1, 0.15) is 11.6 Å². The maximum atomic E-state index is 12.8. The van der Waals surface area contributed by atoms with Gasteiger partial charge in [0.2, 0.25) is 0 Å². The summed E-state index contributed by atoms with van der Waals surface area (Å²) in [6, 6.07) is 5.77. The van der Waals surface area contributed by atoms with Gasteiger partial charge in [0.25, 0.3) is 0 Å². The van der Waals surface area contributed by atoms with Crippen molar-refractivity contribution in [1.29, 1.82) is 0 Å². The molecule has 0 saturated carbocycles. The summed E-state index contributed by atoms with van der Waals surface area (Å²) >= 11 is 0. The number of amides is 2. The Morgan fingerprint density at radius 1 is 1.14 bits per heavy atom. The lowest BCUT2D eigenvalue weighted by molar-refractivity contribution is -0.137. The number of rotatable bonds is 4. The second-order valence-electron chi connectivity index (χ2n) is 6.72. The molecule has 3 rings (SSSR count). The number of hydrogen-bond donors (Lipinski definition) is 2. The van der Waals surface area contributed by atoms with Crippen molar-refractivity contribution in [3.8, 4) is 0 Å². The number of aryl methyl sites for hydroxylation is 1. The molecule has 150 valence electrons. The zero-order valence-corrected chi connectivity index (χ0v) is 15.5. The summed E-state index contributed by atoms with van der Waals surface area (Å²) in [6.45, 7) is 3.83. The van der Waals surface area contributed by atoms with Gasteiger partial charge in [0.15, 0.2) is 0 Å². The molecule has 1 aromatic heterocycles. The summed E-state index contributed by atoms with van der Waals surface area (Å²) in [4.78, 5) is 23.1. The van der Waals surface area contributed by atoms with E-state index in [-0.39, 0.29) is 12.2 Å². The summed E-state index contributed by atoms with van der Waals surface area (Å²) < 4.78 is 38.3. The Morgan fingerprint density at radius 3 is 2.61 bits per heavy atom. The van der Waals surface area contributed by atoms with E-state index >= 15 is 0 Å². The first-order valence-corrected chi connectivity index (χ1v) is 9.13. The molecule has 6 nitrogen and oxygen atoms in total. The summed E-state index contributed by atoms with van der Waals surface area (Å²) in [5.41, 5.74) is 0.0376. The largest absolute Gasteiger partial charge is 0.416 e. The fraction of sp³-hybridized carbons (Fsp3) is 0.421. The smallest absolute Gasteiger partial charge is 0.357 e. The number of nitrogens with zero attached hydrogens (tertiary/aromatic N) is 3. The number of hydrogen-bond acceptors (Lipinski definition) is 4. The summed E-state index contributed by atoms with van der Waals surface area (Å²) in [5.74, 6) is 1.29. The van der Waals surface area contributed by atoms with Crippen LogP contribution in [-0.4, -0.2) is 29.1 Å². The first-order valence-electron chi connectivity index (χ1n) is 9.13. The van der Waals surface area contributed by atoms with Crippen molar-refractivity contribution >= 4 is 17.5 Å². The number of nitrogens with one attached hydrogen (secondary N) is 2. The van der Waals surface area contributed by atoms with Crippen LogP contribution in [0.15, 0.2) is 30.3 Å². The van der Waals surface area contributed by atoms with Crippen LogP contribution in [0.2, 0.25) is 0 Å². The second-order valence-corrected chi connectivity index (χ2v) is 6.72. The maximum Gasteiger partial charge on any atom is 0.416 e. The van der Waals surface area contributed by atoms with Gasteiger partial charge in [0.05, 0.1) is 12.1 Å². The van der Waals surface area contributed by atoms with E-state index in [0.717, 1.165) is 49.6 Å². The molecule has 1 aliphatic rings. The minimum absolute atomic E-state index is 0.0616. The lowest BCUT2D eigenvalue weighted by Gasteiger charge is -2.28. The van der Waals surface area contributed by atoms with Gasteiger partial charge in [-0.1, -0.05) is 6.07 Å². The molecule has 1 saturated heterocycles. The van der Waals surface area contributed by atoms with Crippen LogP contribution >= 0.6 is 0 Å². The van der Waals surface area contributed by atoms with E-state index in [1.54, 1.807) is 0 Å². The van der Waals surface area contributed by atoms with E-state index < -0.39 is 17.8 Å². The lowest BCUT2D eigenvalue weighted by Crippen LogP contribution is -2.32. The third-order valence-corrected chi connectivity index (χ3v) is 4.42. The summed E-state index contributed by atoms with van der Waals surface area (Å²) in [7, 11) is 0. The van der Waals surface area contributed by atoms with Gasteiger partial charge in [-0.2, -0.15) is 13.2 Å². The van der Waals surface area contributed by atoms with E-state index in [1.807, 2.05) is 13.0 Å². The highest BCUT2D eigenvalue weighted by Crippen LogP contribution is 2.30. The Labute approximate surface area is 161 Å². The van der Waals surface area contributed by atoms with Crippen molar-refractivity contribution in [3.05, 3.63) is 47.4 Å². The Balaban J connectivity index is 1.61. The highest BCUT2D eigenvalue weighted by atomic mass is 19.4. The van der Waals surface area contributed by atoms with Crippen molar-refractivity contribution in [2.75, 3.05) is 23.3 Å². The maximum absolute atomic E-state index is 12.8. The van der Waals surface area contributed by atoms with Crippen LogP contribution < -0.4 is 15.5 Å². The molecule has 0 spiro atoms. The molecule has 0 atom stereocenters. The topological polar surface area (TPSA) is 70.2 Å². The van der Waals surface area contributed by atoms with Crippen LogP contribution in [0.3, 0.4) is 0 Å². The highest BCUT2D eigenvalue weighted by molar-refractivity contribution is 5.89. The van der Waals surface area contributed by atoms with E-state index in [9.17, 15) is 18.0 Å². The third kappa shape index (κ3) is 5.34. The van der Waals surface area contributed by atoms with Gasteiger partial charge >= 0.3 is 12.2 Å². The number of carbonyl (C=O) groups excluding carboxylic acids is 1. The molecule has 0 unspecified atom stereocenters. The lowest BCUT2D eigenvalue weighted by atomic mass is 10.1. The molecular weight excluding hydrogens is 371 g/mol. The Bertz CT molecular complexity index is 835. The molecule has 9 heteroatoms. The van der Waals surface area contributed by atoms with Gasteiger partial charge in [-0.25, -0.2) is 14.8 Å². The Kier molecular flexibility index (Phi) is 6.01. The number of halogens is 3. The van der Waals surface area contributed by atoms with Crippen molar-refractivity contribution in [2.45, 2.75) is 38.9 Å². The molecule has 0 aliphatic carbocycles. The number of alkyl halides is 3. The molecule has 28 heavy (non-hydrogen) atoms. The minimum atomic E-state index is -4.46. The quantitative estimate of drug-likeness (QED) is 0.820. The predicted octanol–water partition coefficient (Wildman–Crippen LogP) is 4.12. The zero-order chi connectivity index (χ0) is 20.1. The standard InChI is InChI=1S/C19H22F3N5O/c1-13-10-17(27-8-3-2-4-9-27)26-16(24-13)12-23-18(28)25-15-7-5-6-14(11-15)19(20,21)22/h5-7,10-11H,2-4,8-9,12H2,1H3,(H2,23,25,28). The Hall–Kier alpha value is -2.84. The van der Waals surface area contributed by atoms with Gasteiger partial charge < -0.3 is 15.5 Å². The molecular formula is C19H22F3N5O. The van der Waals surface area contributed by atoms with Crippen LogP contribution in [0.4, 0.5) is 29.5 Å². The van der Waals surface area contributed by atoms with Gasteiger partial charge in [-0.3, -0.25) is 0 Å². The van der Waals surface area contributed by atoms with Gasteiger partial charge in [-0.15, -0.1) is 0 Å². The minimum Gasteiger partial charge on any atom is -0.357 e. The number of aromatic nitrogens is 2. The molecule has 1 aliphatic heterocycles. The first kappa shape index (κ1) is 19.9.